The number of benzene rings is 1. The molecule has 0 saturated heterocycles. The lowest BCUT2D eigenvalue weighted by atomic mass is 10.0. The van der Waals surface area contributed by atoms with Gasteiger partial charge in [-0.1, -0.05) is 11.6 Å². The SMILES string of the molecule is COc1ccc(Cl)cc1[C@H](N)CCO. The summed E-state index contributed by atoms with van der Waals surface area (Å²) < 4.78 is 5.15. The van der Waals surface area contributed by atoms with Crippen LogP contribution >= 0.6 is 11.6 Å². The molecule has 0 spiro atoms. The summed E-state index contributed by atoms with van der Waals surface area (Å²) in [5.41, 5.74) is 6.68. The van der Waals surface area contributed by atoms with Crippen molar-refractivity contribution in [3.8, 4) is 5.75 Å². The van der Waals surface area contributed by atoms with E-state index in [2.05, 4.69) is 0 Å². The molecule has 1 rings (SSSR count). The summed E-state index contributed by atoms with van der Waals surface area (Å²) in [7, 11) is 1.58. The predicted octanol–water partition coefficient (Wildman–Crippen LogP) is 1.73. The summed E-state index contributed by atoms with van der Waals surface area (Å²) in [6.45, 7) is 0.0524. The molecule has 4 heteroatoms. The Morgan fingerprint density at radius 1 is 1.57 bits per heavy atom. The van der Waals surface area contributed by atoms with Crippen molar-refractivity contribution in [2.24, 2.45) is 5.73 Å². The standard InChI is InChI=1S/C10H14ClNO2/c1-14-10-3-2-7(11)6-8(10)9(12)4-5-13/h2-3,6,9,13H,4-5,12H2,1H3/t9-/m1/s1. The lowest BCUT2D eigenvalue weighted by Gasteiger charge is -2.14. The minimum Gasteiger partial charge on any atom is -0.496 e. The molecule has 3 N–H and O–H groups in total. The van der Waals surface area contributed by atoms with E-state index in [0.717, 1.165) is 5.56 Å². The highest BCUT2D eigenvalue weighted by molar-refractivity contribution is 6.30. The third-order valence-corrected chi connectivity index (χ3v) is 2.27. The second kappa shape index (κ2) is 5.20. The van der Waals surface area contributed by atoms with E-state index in [-0.39, 0.29) is 12.6 Å². The highest BCUT2D eigenvalue weighted by atomic mass is 35.5. The van der Waals surface area contributed by atoms with E-state index >= 15 is 0 Å². The fourth-order valence-electron chi connectivity index (χ4n) is 1.29. The highest BCUT2D eigenvalue weighted by Gasteiger charge is 2.11. The predicted molar refractivity (Wildman–Crippen MR) is 56.6 cm³/mol. The van der Waals surface area contributed by atoms with Crippen molar-refractivity contribution < 1.29 is 9.84 Å². The van der Waals surface area contributed by atoms with Crippen LogP contribution in [0.15, 0.2) is 18.2 Å². The van der Waals surface area contributed by atoms with E-state index in [1.165, 1.54) is 0 Å². The molecule has 1 aromatic carbocycles. The molecule has 0 amide bonds. The zero-order chi connectivity index (χ0) is 10.6. The molecule has 3 nitrogen and oxygen atoms in total. The second-order valence-corrected chi connectivity index (χ2v) is 3.44. The Morgan fingerprint density at radius 3 is 2.86 bits per heavy atom. The van der Waals surface area contributed by atoms with Crippen LogP contribution in [0.25, 0.3) is 0 Å². The molecule has 0 radical (unpaired) electrons. The topological polar surface area (TPSA) is 55.5 Å². The Labute approximate surface area is 88.4 Å². The first-order chi connectivity index (χ1) is 6.69. The van der Waals surface area contributed by atoms with Crippen LogP contribution < -0.4 is 10.5 Å². The number of ether oxygens (including phenoxy) is 1. The molecular weight excluding hydrogens is 202 g/mol. The third kappa shape index (κ3) is 2.61. The van der Waals surface area contributed by atoms with Crippen LogP contribution in [-0.2, 0) is 0 Å². The molecule has 0 aliphatic heterocycles. The maximum Gasteiger partial charge on any atom is 0.123 e. The summed E-state index contributed by atoms with van der Waals surface area (Å²) in [6.07, 6.45) is 0.497. The van der Waals surface area contributed by atoms with Crippen molar-refractivity contribution in [3.05, 3.63) is 28.8 Å². The molecule has 14 heavy (non-hydrogen) atoms. The Bertz CT molecular complexity index is 304. The minimum absolute atomic E-state index is 0.0524. The van der Waals surface area contributed by atoms with Gasteiger partial charge in [-0.25, -0.2) is 0 Å². The van der Waals surface area contributed by atoms with E-state index in [4.69, 9.17) is 27.2 Å². The van der Waals surface area contributed by atoms with Gasteiger partial charge in [-0.15, -0.1) is 0 Å². The van der Waals surface area contributed by atoms with Gasteiger partial charge in [0, 0.05) is 23.2 Å². The molecule has 0 saturated carbocycles. The number of rotatable bonds is 4. The fourth-order valence-corrected chi connectivity index (χ4v) is 1.47. The van der Waals surface area contributed by atoms with E-state index in [9.17, 15) is 0 Å². The molecule has 1 atom stereocenters. The van der Waals surface area contributed by atoms with Crippen LogP contribution in [0.1, 0.15) is 18.0 Å². The molecule has 0 heterocycles. The Hall–Kier alpha value is -0.770. The van der Waals surface area contributed by atoms with Gasteiger partial charge in [0.05, 0.1) is 7.11 Å². The molecule has 0 aliphatic carbocycles. The lowest BCUT2D eigenvalue weighted by molar-refractivity contribution is 0.275. The van der Waals surface area contributed by atoms with Crippen molar-refractivity contribution in [1.82, 2.24) is 0 Å². The van der Waals surface area contributed by atoms with Crippen LogP contribution in [0.3, 0.4) is 0 Å². The van der Waals surface area contributed by atoms with Gasteiger partial charge < -0.3 is 15.6 Å². The second-order valence-electron chi connectivity index (χ2n) is 3.01. The van der Waals surface area contributed by atoms with E-state index < -0.39 is 0 Å². The van der Waals surface area contributed by atoms with E-state index in [1.807, 2.05) is 0 Å². The zero-order valence-electron chi connectivity index (χ0n) is 8.03. The fraction of sp³-hybridized carbons (Fsp3) is 0.400. The van der Waals surface area contributed by atoms with Gasteiger partial charge in [0.1, 0.15) is 5.75 Å². The number of hydrogen-bond acceptors (Lipinski definition) is 3. The van der Waals surface area contributed by atoms with Gasteiger partial charge in [0.25, 0.3) is 0 Å². The van der Waals surface area contributed by atoms with Crippen LogP contribution in [0.5, 0.6) is 5.75 Å². The molecule has 0 unspecified atom stereocenters. The van der Waals surface area contributed by atoms with Crippen LogP contribution in [0.2, 0.25) is 5.02 Å². The number of hydrogen-bond donors (Lipinski definition) is 2. The quantitative estimate of drug-likeness (QED) is 0.805. The number of aliphatic hydroxyl groups is 1. The zero-order valence-corrected chi connectivity index (χ0v) is 8.79. The number of nitrogens with two attached hydrogens (primary N) is 1. The first-order valence-electron chi connectivity index (χ1n) is 4.39. The van der Waals surface area contributed by atoms with Gasteiger partial charge in [-0.2, -0.15) is 0 Å². The van der Waals surface area contributed by atoms with Gasteiger partial charge in [0.2, 0.25) is 0 Å². The van der Waals surface area contributed by atoms with Crippen molar-refractivity contribution in [3.63, 3.8) is 0 Å². The van der Waals surface area contributed by atoms with Crippen molar-refractivity contribution in [2.45, 2.75) is 12.5 Å². The van der Waals surface area contributed by atoms with Gasteiger partial charge in [-0.05, 0) is 24.6 Å². The Kier molecular flexibility index (Phi) is 4.20. The monoisotopic (exact) mass is 215 g/mol. The van der Waals surface area contributed by atoms with Crippen molar-refractivity contribution in [1.29, 1.82) is 0 Å². The van der Waals surface area contributed by atoms with Crippen molar-refractivity contribution in [2.75, 3.05) is 13.7 Å². The highest BCUT2D eigenvalue weighted by Crippen LogP contribution is 2.28. The smallest absolute Gasteiger partial charge is 0.123 e. The normalized spacial score (nSPS) is 12.6. The summed E-state index contributed by atoms with van der Waals surface area (Å²) in [5.74, 6) is 0.704. The van der Waals surface area contributed by atoms with Crippen LogP contribution in [0, 0.1) is 0 Å². The molecule has 0 aromatic heterocycles. The third-order valence-electron chi connectivity index (χ3n) is 2.03. The first-order valence-corrected chi connectivity index (χ1v) is 4.76. The lowest BCUT2D eigenvalue weighted by Crippen LogP contribution is -2.13. The molecule has 0 aliphatic rings. The van der Waals surface area contributed by atoms with E-state index in [0.29, 0.717) is 17.2 Å². The molecule has 1 aromatic rings. The average molecular weight is 216 g/mol. The summed E-state index contributed by atoms with van der Waals surface area (Å²) in [5, 5.41) is 9.40. The van der Waals surface area contributed by atoms with Crippen LogP contribution in [0.4, 0.5) is 0 Å². The van der Waals surface area contributed by atoms with Gasteiger partial charge >= 0.3 is 0 Å². The molecule has 78 valence electrons. The minimum atomic E-state index is -0.242. The maximum absolute atomic E-state index is 8.78. The Morgan fingerprint density at radius 2 is 2.29 bits per heavy atom. The Balaban J connectivity index is 2.97. The van der Waals surface area contributed by atoms with Crippen molar-refractivity contribution >= 4 is 11.6 Å². The largest absolute Gasteiger partial charge is 0.496 e. The summed E-state index contributed by atoms with van der Waals surface area (Å²) in [6, 6.07) is 5.04. The van der Waals surface area contributed by atoms with Crippen LogP contribution in [-0.4, -0.2) is 18.8 Å². The van der Waals surface area contributed by atoms with Gasteiger partial charge in [-0.3, -0.25) is 0 Å². The maximum atomic E-state index is 8.78. The number of methoxy groups -OCH3 is 1. The first kappa shape index (κ1) is 11.3. The van der Waals surface area contributed by atoms with Gasteiger partial charge in [0.15, 0.2) is 0 Å². The average Bonchev–Trinajstić information content (AvgIpc) is 2.18. The molecule has 0 bridgehead atoms. The summed E-state index contributed by atoms with van der Waals surface area (Å²) >= 11 is 5.84. The molecule has 0 fully saturated rings. The summed E-state index contributed by atoms with van der Waals surface area (Å²) in [4.78, 5) is 0. The van der Waals surface area contributed by atoms with E-state index in [1.54, 1.807) is 25.3 Å². The number of aliphatic hydroxyl groups excluding tert-OH is 1. The molecular formula is C10H14ClNO2. The number of halogens is 1.